The summed E-state index contributed by atoms with van der Waals surface area (Å²) in [4.78, 5) is 8.83. The van der Waals surface area contributed by atoms with Crippen LogP contribution in [0.15, 0.2) is 18.3 Å². The number of imidazole rings is 1. The molecule has 0 saturated heterocycles. The Kier molecular flexibility index (Phi) is 3.37. The third-order valence-electron chi connectivity index (χ3n) is 3.62. The van der Waals surface area contributed by atoms with Crippen molar-refractivity contribution >= 4 is 17.1 Å². The Labute approximate surface area is 123 Å². The number of aromatic nitrogens is 5. The predicted octanol–water partition coefficient (Wildman–Crippen LogP) is 2.06. The fraction of sp³-hybridized carbons (Fsp3) is 0.400. The van der Waals surface area contributed by atoms with E-state index in [0.717, 1.165) is 41.0 Å². The number of nitrogen functional groups attached to an aromatic ring is 1. The number of fused-ring (bicyclic) bond motifs is 1. The molecule has 0 radical (unpaired) electrons. The summed E-state index contributed by atoms with van der Waals surface area (Å²) in [5.74, 6) is 0.524. The van der Waals surface area contributed by atoms with Gasteiger partial charge in [-0.15, -0.1) is 0 Å². The van der Waals surface area contributed by atoms with Crippen molar-refractivity contribution in [2.24, 2.45) is 7.05 Å². The van der Waals surface area contributed by atoms with Crippen LogP contribution in [0.1, 0.15) is 30.3 Å². The SMILES string of the molecule is CCCc1nn(C)c2c1nc(N)n2Cc1ccc(C)nc1. The molecule has 3 aromatic heterocycles. The van der Waals surface area contributed by atoms with E-state index in [1.807, 2.05) is 35.5 Å². The summed E-state index contributed by atoms with van der Waals surface area (Å²) >= 11 is 0. The lowest BCUT2D eigenvalue weighted by atomic mass is 10.2. The summed E-state index contributed by atoms with van der Waals surface area (Å²) in [6, 6.07) is 4.07. The van der Waals surface area contributed by atoms with Crippen LogP contribution in [0.25, 0.3) is 11.2 Å². The molecule has 0 saturated carbocycles. The minimum atomic E-state index is 0.524. The number of hydrogen-bond acceptors (Lipinski definition) is 4. The van der Waals surface area contributed by atoms with E-state index in [1.165, 1.54) is 0 Å². The van der Waals surface area contributed by atoms with Crippen molar-refractivity contribution in [1.29, 1.82) is 0 Å². The van der Waals surface area contributed by atoms with Crippen molar-refractivity contribution in [2.75, 3.05) is 5.73 Å². The highest BCUT2D eigenvalue weighted by Crippen LogP contribution is 2.22. The van der Waals surface area contributed by atoms with Crippen LogP contribution >= 0.6 is 0 Å². The third kappa shape index (κ3) is 2.37. The summed E-state index contributed by atoms with van der Waals surface area (Å²) in [6.07, 6.45) is 3.84. The van der Waals surface area contributed by atoms with Crippen molar-refractivity contribution < 1.29 is 0 Å². The molecular weight excluding hydrogens is 264 g/mol. The van der Waals surface area contributed by atoms with Crippen LogP contribution in [0.3, 0.4) is 0 Å². The molecule has 0 aliphatic carbocycles. The van der Waals surface area contributed by atoms with Crippen LogP contribution in [0.5, 0.6) is 0 Å². The molecule has 2 N–H and O–H groups in total. The molecule has 3 aromatic rings. The zero-order valence-corrected chi connectivity index (χ0v) is 12.7. The molecule has 0 amide bonds. The quantitative estimate of drug-likeness (QED) is 0.795. The number of pyridine rings is 1. The van der Waals surface area contributed by atoms with Gasteiger partial charge in [0.25, 0.3) is 0 Å². The highest BCUT2D eigenvalue weighted by molar-refractivity contribution is 5.77. The molecule has 0 atom stereocenters. The first-order valence-corrected chi connectivity index (χ1v) is 7.19. The van der Waals surface area contributed by atoms with Crippen LogP contribution in [0.4, 0.5) is 5.95 Å². The second-order valence-electron chi connectivity index (χ2n) is 5.36. The Balaban J connectivity index is 2.05. The first-order valence-electron chi connectivity index (χ1n) is 7.19. The van der Waals surface area contributed by atoms with Crippen molar-refractivity contribution in [3.8, 4) is 0 Å². The summed E-state index contributed by atoms with van der Waals surface area (Å²) < 4.78 is 3.86. The van der Waals surface area contributed by atoms with E-state index >= 15 is 0 Å². The fourth-order valence-corrected chi connectivity index (χ4v) is 2.59. The highest BCUT2D eigenvalue weighted by atomic mass is 15.3. The Morgan fingerprint density at radius 2 is 2.10 bits per heavy atom. The molecule has 0 aromatic carbocycles. The van der Waals surface area contributed by atoms with Gasteiger partial charge in [0.15, 0.2) is 5.65 Å². The van der Waals surface area contributed by atoms with E-state index in [2.05, 4.69) is 28.1 Å². The number of aryl methyl sites for hydroxylation is 3. The maximum absolute atomic E-state index is 6.10. The molecule has 21 heavy (non-hydrogen) atoms. The minimum absolute atomic E-state index is 0.524. The Morgan fingerprint density at radius 3 is 2.76 bits per heavy atom. The van der Waals surface area contributed by atoms with Gasteiger partial charge in [-0.25, -0.2) is 4.98 Å². The Hall–Kier alpha value is -2.37. The molecule has 3 rings (SSSR count). The van der Waals surface area contributed by atoms with Gasteiger partial charge in [0.2, 0.25) is 5.95 Å². The number of nitrogens with two attached hydrogens (primary N) is 1. The van der Waals surface area contributed by atoms with Gasteiger partial charge in [0.05, 0.1) is 12.2 Å². The lowest BCUT2D eigenvalue weighted by Gasteiger charge is -2.07. The van der Waals surface area contributed by atoms with E-state index < -0.39 is 0 Å². The Morgan fingerprint density at radius 1 is 1.29 bits per heavy atom. The molecular formula is C15H20N6. The lowest BCUT2D eigenvalue weighted by Crippen LogP contribution is -2.08. The number of nitrogens with zero attached hydrogens (tertiary/aromatic N) is 5. The smallest absolute Gasteiger partial charge is 0.202 e. The summed E-state index contributed by atoms with van der Waals surface area (Å²) in [7, 11) is 1.94. The number of anilines is 1. The van der Waals surface area contributed by atoms with Gasteiger partial charge in [-0.05, 0) is 25.0 Å². The predicted molar refractivity (Wildman–Crippen MR) is 83.0 cm³/mol. The van der Waals surface area contributed by atoms with Crippen LogP contribution in [-0.2, 0) is 20.0 Å². The molecule has 0 spiro atoms. The van der Waals surface area contributed by atoms with Crippen LogP contribution < -0.4 is 5.73 Å². The first-order chi connectivity index (χ1) is 10.1. The average Bonchev–Trinajstić information content (AvgIpc) is 2.92. The van der Waals surface area contributed by atoms with E-state index in [1.54, 1.807) is 0 Å². The van der Waals surface area contributed by atoms with E-state index in [0.29, 0.717) is 12.5 Å². The largest absolute Gasteiger partial charge is 0.369 e. The highest BCUT2D eigenvalue weighted by Gasteiger charge is 2.17. The van der Waals surface area contributed by atoms with Gasteiger partial charge >= 0.3 is 0 Å². The maximum atomic E-state index is 6.10. The van der Waals surface area contributed by atoms with Gasteiger partial charge < -0.3 is 5.73 Å². The second kappa shape index (κ2) is 5.20. The zero-order valence-electron chi connectivity index (χ0n) is 12.7. The molecule has 110 valence electrons. The van der Waals surface area contributed by atoms with Crippen LogP contribution in [0, 0.1) is 6.92 Å². The van der Waals surface area contributed by atoms with Crippen molar-refractivity contribution in [2.45, 2.75) is 33.2 Å². The Bertz CT molecular complexity index is 766. The van der Waals surface area contributed by atoms with E-state index in [4.69, 9.17) is 5.73 Å². The number of rotatable bonds is 4. The molecule has 0 unspecified atom stereocenters. The van der Waals surface area contributed by atoms with Crippen LogP contribution in [0.2, 0.25) is 0 Å². The third-order valence-corrected chi connectivity index (χ3v) is 3.62. The monoisotopic (exact) mass is 284 g/mol. The van der Waals surface area contributed by atoms with E-state index in [-0.39, 0.29) is 0 Å². The molecule has 6 nitrogen and oxygen atoms in total. The molecule has 6 heteroatoms. The topological polar surface area (TPSA) is 74.6 Å². The molecule has 0 fully saturated rings. The summed E-state index contributed by atoms with van der Waals surface area (Å²) in [5, 5.41) is 4.56. The molecule has 0 bridgehead atoms. The van der Waals surface area contributed by atoms with Gasteiger partial charge in [-0.1, -0.05) is 19.4 Å². The number of hydrogen-bond donors (Lipinski definition) is 1. The van der Waals surface area contributed by atoms with Crippen molar-refractivity contribution in [1.82, 2.24) is 24.3 Å². The van der Waals surface area contributed by atoms with Gasteiger partial charge in [-0.3, -0.25) is 14.2 Å². The van der Waals surface area contributed by atoms with Gasteiger partial charge in [0, 0.05) is 18.9 Å². The average molecular weight is 284 g/mol. The minimum Gasteiger partial charge on any atom is -0.369 e. The van der Waals surface area contributed by atoms with Crippen LogP contribution in [-0.4, -0.2) is 24.3 Å². The maximum Gasteiger partial charge on any atom is 0.202 e. The molecule has 0 aliphatic heterocycles. The molecule has 3 heterocycles. The van der Waals surface area contributed by atoms with Gasteiger partial charge in [-0.2, -0.15) is 5.10 Å². The van der Waals surface area contributed by atoms with Gasteiger partial charge in [0.1, 0.15) is 5.52 Å². The lowest BCUT2D eigenvalue weighted by molar-refractivity contribution is 0.711. The standard InChI is InChI=1S/C15H20N6/c1-4-5-12-13-14(20(3)19-12)21(15(16)18-13)9-11-7-6-10(2)17-8-11/h6-8H,4-5,9H2,1-3H3,(H2,16,18). The molecule has 0 aliphatic rings. The second-order valence-corrected chi connectivity index (χ2v) is 5.36. The normalized spacial score (nSPS) is 11.4. The van der Waals surface area contributed by atoms with E-state index in [9.17, 15) is 0 Å². The summed E-state index contributed by atoms with van der Waals surface area (Å²) in [6.45, 7) is 4.77. The van der Waals surface area contributed by atoms with Crippen molar-refractivity contribution in [3.63, 3.8) is 0 Å². The fourth-order valence-electron chi connectivity index (χ4n) is 2.59. The van der Waals surface area contributed by atoms with Crippen molar-refractivity contribution in [3.05, 3.63) is 35.3 Å². The summed E-state index contributed by atoms with van der Waals surface area (Å²) in [5.41, 5.74) is 11.1. The zero-order chi connectivity index (χ0) is 15.0. The first kappa shape index (κ1) is 13.6.